The summed E-state index contributed by atoms with van der Waals surface area (Å²) in [6.45, 7) is 4.25. The quantitative estimate of drug-likeness (QED) is 0.847. The lowest BCUT2D eigenvalue weighted by molar-refractivity contribution is 0.180. The minimum absolute atomic E-state index is 0.0187. The average Bonchev–Trinajstić information content (AvgIpc) is 2.83. The molecule has 0 bridgehead atoms. The van der Waals surface area contributed by atoms with Crippen LogP contribution >= 0.6 is 0 Å². The third-order valence-corrected chi connectivity index (χ3v) is 3.05. The van der Waals surface area contributed by atoms with E-state index in [9.17, 15) is 0 Å². The van der Waals surface area contributed by atoms with E-state index in [1.165, 1.54) is 0 Å². The molecule has 2 atom stereocenters. The van der Waals surface area contributed by atoms with Gasteiger partial charge in [0.1, 0.15) is 5.75 Å². The summed E-state index contributed by atoms with van der Waals surface area (Å²) >= 11 is 0. The molecule has 2 rings (SSSR count). The standard InChI is InChI=1S/C13H19NO2/c1-2-16-12-6-4-3-5-11(12)13(14)10-7-8-15-9-10/h3-6,10,13H,2,7-9,14H2,1H3. The maximum atomic E-state index is 6.27. The molecule has 1 aliphatic heterocycles. The topological polar surface area (TPSA) is 44.5 Å². The predicted octanol–water partition coefficient (Wildman–Crippen LogP) is 2.12. The van der Waals surface area contributed by atoms with Gasteiger partial charge in [-0.2, -0.15) is 0 Å². The summed E-state index contributed by atoms with van der Waals surface area (Å²) in [6, 6.07) is 8.03. The number of rotatable bonds is 4. The molecule has 0 aromatic heterocycles. The molecule has 2 N–H and O–H groups in total. The summed E-state index contributed by atoms with van der Waals surface area (Å²) in [5.41, 5.74) is 7.37. The maximum Gasteiger partial charge on any atom is 0.124 e. The zero-order valence-electron chi connectivity index (χ0n) is 9.69. The molecule has 3 nitrogen and oxygen atoms in total. The van der Waals surface area contributed by atoms with E-state index in [1.54, 1.807) is 0 Å². The Morgan fingerprint density at radius 3 is 3.00 bits per heavy atom. The Labute approximate surface area is 96.5 Å². The minimum atomic E-state index is 0.0187. The van der Waals surface area contributed by atoms with Gasteiger partial charge in [-0.05, 0) is 19.4 Å². The van der Waals surface area contributed by atoms with E-state index in [-0.39, 0.29) is 6.04 Å². The fourth-order valence-electron chi connectivity index (χ4n) is 2.13. The van der Waals surface area contributed by atoms with Crippen LogP contribution in [0.5, 0.6) is 5.75 Å². The van der Waals surface area contributed by atoms with Gasteiger partial charge in [-0.1, -0.05) is 18.2 Å². The molecule has 1 aromatic rings. The van der Waals surface area contributed by atoms with Gasteiger partial charge in [-0.15, -0.1) is 0 Å². The first kappa shape index (κ1) is 11.4. The molecule has 2 unspecified atom stereocenters. The molecule has 0 saturated carbocycles. The van der Waals surface area contributed by atoms with E-state index >= 15 is 0 Å². The Bertz CT molecular complexity index is 334. The summed E-state index contributed by atoms with van der Waals surface area (Å²) in [5, 5.41) is 0. The molecule has 16 heavy (non-hydrogen) atoms. The molecule has 1 fully saturated rings. The molecule has 0 amide bonds. The van der Waals surface area contributed by atoms with Crippen LogP contribution in [0, 0.1) is 5.92 Å². The van der Waals surface area contributed by atoms with Gasteiger partial charge in [0.15, 0.2) is 0 Å². The third-order valence-electron chi connectivity index (χ3n) is 3.05. The van der Waals surface area contributed by atoms with Gasteiger partial charge in [0.05, 0.1) is 13.2 Å². The highest BCUT2D eigenvalue weighted by molar-refractivity contribution is 5.36. The van der Waals surface area contributed by atoms with Crippen LogP contribution < -0.4 is 10.5 Å². The van der Waals surface area contributed by atoms with E-state index < -0.39 is 0 Å². The van der Waals surface area contributed by atoms with Crippen molar-refractivity contribution in [3.8, 4) is 5.75 Å². The van der Waals surface area contributed by atoms with E-state index in [1.807, 2.05) is 31.2 Å². The Hall–Kier alpha value is -1.06. The number of nitrogens with two attached hydrogens (primary N) is 1. The Kier molecular flexibility index (Phi) is 3.80. The summed E-state index contributed by atoms with van der Waals surface area (Å²) in [6.07, 6.45) is 1.04. The molecule has 88 valence electrons. The van der Waals surface area contributed by atoms with Gasteiger partial charge in [-0.3, -0.25) is 0 Å². The normalized spacial score (nSPS) is 22.0. The maximum absolute atomic E-state index is 6.27. The number of hydrogen-bond acceptors (Lipinski definition) is 3. The fourth-order valence-corrected chi connectivity index (χ4v) is 2.13. The first-order valence-corrected chi connectivity index (χ1v) is 5.88. The fraction of sp³-hybridized carbons (Fsp3) is 0.538. The zero-order chi connectivity index (χ0) is 11.4. The van der Waals surface area contributed by atoms with Gasteiger partial charge in [-0.25, -0.2) is 0 Å². The molecule has 1 aliphatic rings. The highest BCUT2D eigenvalue weighted by Crippen LogP contribution is 2.32. The smallest absolute Gasteiger partial charge is 0.124 e. The average molecular weight is 221 g/mol. The molecule has 0 spiro atoms. The SMILES string of the molecule is CCOc1ccccc1C(N)C1CCOC1. The van der Waals surface area contributed by atoms with Crippen molar-refractivity contribution in [2.75, 3.05) is 19.8 Å². The van der Waals surface area contributed by atoms with Crippen molar-refractivity contribution in [3.63, 3.8) is 0 Å². The first-order chi connectivity index (χ1) is 7.83. The van der Waals surface area contributed by atoms with Crippen LogP contribution in [0.4, 0.5) is 0 Å². The van der Waals surface area contributed by atoms with Crippen molar-refractivity contribution >= 4 is 0 Å². The molecule has 1 saturated heterocycles. The van der Waals surface area contributed by atoms with Crippen LogP contribution in [-0.4, -0.2) is 19.8 Å². The van der Waals surface area contributed by atoms with E-state index in [0.717, 1.165) is 30.9 Å². The lowest BCUT2D eigenvalue weighted by Gasteiger charge is -2.20. The van der Waals surface area contributed by atoms with E-state index in [0.29, 0.717) is 12.5 Å². The van der Waals surface area contributed by atoms with Gasteiger partial charge >= 0.3 is 0 Å². The van der Waals surface area contributed by atoms with Crippen LogP contribution in [-0.2, 0) is 4.74 Å². The molecule has 0 aliphatic carbocycles. The highest BCUT2D eigenvalue weighted by atomic mass is 16.5. The second kappa shape index (κ2) is 5.32. The van der Waals surface area contributed by atoms with Gasteiger partial charge in [0.25, 0.3) is 0 Å². The van der Waals surface area contributed by atoms with E-state index in [4.69, 9.17) is 15.2 Å². The molecule has 0 radical (unpaired) electrons. The van der Waals surface area contributed by atoms with Crippen LogP contribution in [0.1, 0.15) is 24.9 Å². The van der Waals surface area contributed by atoms with Crippen LogP contribution in [0.2, 0.25) is 0 Å². The lowest BCUT2D eigenvalue weighted by Crippen LogP contribution is -2.22. The Morgan fingerprint density at radius 1 is 1.50 bits per heavy atom. The van der Waals surface area contributed by atoms with Gasteiger partial charge in [0, 0.05) is 24.1 Å². The van der Waals surface area contributed by atoms with Crippen molar-refractivity contribution in [2.45, 2.75) is 19.4 Å². The summed E-state index contributed by atoms with van der Waals surface area (Å²) in [7, 11) is 0. The van der Waals surface area contributed by atoms with Crippen molar-refractivity contribution in [2.24, 2.45) is 11.7 Å². The number of benzene rings is 1. The van der Waals surface area contributed by atoms with Crippen LogP contribution in [0.25, 0.3) is 0 Å². The first-order valence-electron chi connectivity index (χ1n) is 5.88. The van der Waals surface area contributed by atoms with Gasteiger partial charge < -0.3 is 15.2 Å². The lowest BCUT2D eigenvalue weighted by atomic mass is 9.92. The number of hydrogen-bond donors (Lipinski definition) is 1. The Morgan fingerprint density at radius 2 is 2.31 bits per heavy atom. The zero-order valence-corrected chi connectivity index (χ0v) is 9.69. The summed E-state index contributed by atoms with van der Waals surface area (Å²) in [4.78, 5) is 0. The van der Waals surface area contributed by atoms with Gasteiger partial charge in [0.2, 0.25) is 0 Å². The minimum Gasteiger partial charge on any atom is -0.494 e. The molecular formula is C13H19NO2. The molecule has 3 heteroatoms. The van der Waals surface area contributed by atoms with Crippen molar-refractivity contribution < 1.29 is 9.47 Å². The van der Waals surface area contributed by atoms with Crippen LogP contribution in [0.3, 0.4) is 0 Å². The molecule has 1 aromatic carbocycles. The summed E-state index contributed by atoms with van der Waals surface area (Å²) < 4.78 is 11.0. The largest absolute Gasteiger partial charge is 0.494 e. The second-order valence-corrected chi connectivity index (χ2v) is 4.12. The van der Waals surface area contributed by atoms with E-state index in [2.05, 4.69) is 0 Å². The highest BCUT2D eigenvalue weighted by Gasteiger charge is 2.25. The predicted molar refractivity (Wildman–Crippen MR) is 63.5 cm³/mol. The van der Waals surface area contributed by atoms with Crippen LogP contribution in [0.15, 0.2) is 24.3 Å². The molecule has 1 heterocycles. The van der Waals surface area contributed by atoms with Crippen molar-refractivity contribution in [1.29, 1.82) is 0 Å². The number of ether oxygens (including phenoxy) is 2. The summed E-state index contributed by atoms with van der Waals surface area (Å²) in [5.74, 6) is 1.33. The van der Waals surface area contributed by atoms with Crippen molar-refractivity contribution in [3.05, 3.63) is 29.8 Å². The molecular weight excluding hydrogens is 202 g/mol. The second-order valence-electron chi connectivity index (χ2n) is 4.12. The third kappa shape index (κ3) is 2.36. The number of para-hydroxylation sites is 1. The van der Waals surface area contributed by atoms with Crippen molar-refractivity contribution in [1.82, 2.24) is 0 Å². The Balaban J connectivity index is 2.17. The monoisotopic (exact) mass is 221 g/mol.